The smallest absolute Gasteiger partial charge is 0.330 e. The third-order valence-corrected chi connectivity index (χ3v) is 2.12. The van der Waals surface area contributed by atoms with E-state index in [0.29, 0.717) is 6.61 Å². The van der Waals surface area contributed by atoms with Crippen molar-refractivity contribution in [1.29, 1.82) is 0 Å². The summed E-state index contributed by atoms with van der Waals surface area (Å²) in [7, 11) is 0. The van der Waals surface area contributed by atoms with Crippen LogP contribution in [0, 0.1) is 0 Å². The highest BCUT2D eigenvalue weighted by Crippen LogP contribution is 2.15. The minimum atomic E-state index is -0.351. The van der Waals surface area contributed by atoms with Crippen LogP contribution in [0.15, 0.2) is 12.7 Å². The van der Waals surface area contributed by atoms with Crippen LogP contribution in [-0.4, -0.2) is 25.3 Å². The van der Waals surface area contributed by atoms with Gasteiger partial charge >= 0.3 is 5.97 Å². The van der Waals surface area contributed by atoms with Crippen LogP contribution >= 0.6 is 0 Å². The number of ether oxygens (including phenoxy) is 2. The van der Waals surface area contributed by atoms with Gasteiger partial charge in [0.05, 0.1) is 12.7 Å². The molecule has 3 heteroatoms. The normalized spacial score (nSPS) is 22.3. The Morgan fingerprint density at radius 3 is 3.08 bits per heavy atom. The number of carbonyl (C=O) groups is 1. The Bertz CT molecular complexity index is 171. The van der Waals surface area contributed by atoms with Crippen LogP contribution < -0.4 is 0 Å². The molecule has 1 fully saturated rings. The van der Waals surface area contributed by atoms with E-state index in [2.05, 4.69) is 6.58 Å². The number of rotatable bonds is 4. The van der Waals surface area contributed by atoms with Gasteiger partial charge in [0, 0.05) is 19.1 Å². The summed E-state index contributed by atoms with van der Waals surface area (Å²) in [6, 6.07) is 0. The van der Waals surface area contributed by atoms with Crippen LogP contribution in [-0.2, 0) is 14.3 Å². The van der Waals surface area contributed by atoms with E-state index < -0.39 is 0 Å². The molecule has 0 aromatic carbocycles. The Balaban J connectivity index is 2.04. The zero-order valence-corrected chi connectivity index (χ0v) is 7.83. The molecule has 0 aromatic rings. The Morgan fingerprint density at radius 2 is 2.46 bits per heavy atom. The van der Waals surface area contributed by atoms with Crippen molar-refractivity contribution >= 4 is 5.97 Å². The fourth-order valence-corrected chi connectivity index (χ4v) is 1.38. The first-order valence-corrected chi connectivity index (χ1v) is 4.73. The maximum atomic E-state index is 10.7. The second kappa shape index (κ2) is 5.75. The fourth-order valence-electron chi connectivity index (χ4n) is 1.38. The lowest BCUT2D eigenvalue weighted by Gasteiger charge is -2.21. The molecular formula is C10H16O3. The third-order valence-electron chi connectivity index (χ3n) is 2.12. The predicted molar refractivity (Wildman–Crippen MR) is 49.4 cm³/mol. The highest BCUT2D eigenvalue weighted by molar-refractivity contribution is 5.81. The lowest BCUT2D eigenvalue weighted by atomic mass is 10.1. The van der Waals surface area contributed by atoms with Gasteiger partial charge in [-0.15, -0.1) is 0 Å². The van der Waals surface area contributed by atoms with E-state index in [4.69, 9.17) is 9.47 Å². The van der Waals surface area contributed by atoms with Gasteiger partial charge in [0.25, 0.3) is 0 Å². The van der Waals surface area contributed by atoms with E-state index in [1.807, 2.05) is 0 Å². The summed E-state index contributed by atoms with van der Waals surface area (Å²) < 4.78 is 10.3. The van der Waals surface area contributed by atoms with Gasteiger partial charge in [-0.05, 0) is 19.3 Å². The van der Waals surface area contributed by atoms with E-state index in [1.165, 1.54) is 12.5 Å². The molecule has 0 bridgehead atoms. The molecule has 1 heterocycles. The highest BCUT2D eigenvalue weighted by Gasteiger charge is 2.13. The van der Waals surface area contributed by atoms with Crippen molar-refractivity contribution in [2.24, 2.45) is 0 Å². The second-order valence-corrected chi connectivity index (χ2v) is 3.15. The molecule has 0 saturated carbocycles. The maximum Gasteiger partial charge on any atom is 0.330 e. The maximum absolute atomic E-state index is 10.7. The molecule has 0 spiro atoms. The van der Waals surface area contributed by atoms with E-state index in [9.17, 15) is 4.79 Å². The zero-order valence-electron chi connectivity index (χ0n) is 7.83. The van der Waals surface area contributed by atoms with Crippen LogP contribution in [0.5, 0.6) is 0 Å². The molecule has 1 atom stereocenters. The Labute approximate surface area is 78.7 Å². The van der Waals surface area contributed by atoms with E-state index >= 15 is 0 Å². The Morgan fingerprint density at radius 1 is 1.62 bits per heavy atom. The van der Waals surface area contributed by atoms with Gasteiger partial charge < -0.3 is 9.47 Å². The van der Waals surface area contributed by atoms with Crippen LogP contribution in [0.2, 0.25) is 0 Å². The monoisotopic (exact) mass is 184 g/mol. The van der Waals surface area contributed by atoms with Gasteiger partial charge in [-0.1, -0.05) is 6.58 Å². The number of hydrogen-bond acceptors (Lipinski definition) is 3. The largest absolute Gasteiger partial charge is 0.462 e. The van der Waals surface area contributed by atoms with Gasteiger partial charge in [-0.25, -0.2) is 4.79 Å². The quantitative estimate of drug-likeness (QED) is 0.492. The molecule has 74 valence electrons. The summed E-state index contributed by atoms with van der Waals surface area (Å²) >= 11 is 0. The van der Waals surface area contributed by atoms with Gasteiger partial charge in [0.2, 0.25) is 0 Å². The second-order valence-electron chi connectivity index (χ2n) is 3.15. The summed E-state index contributed by atoms with van der Waals surface area (Å²) in [5, 5.41) is 0. The molecule has 1 aliphatic rings. The van der Waals surface area contributed by atoms with Crippen molar-refractivity contribution in [3.8, 4) is 0 Å². The first-order chi connectivity index (χ1) is 6.33. The molecule has 13 heavy (non-hydrogen) atoms. The number of hydrogen-bond donors (Lipinski definition) is 0. The average Bonchev–Trinajstić information content (AvgIpc) is 2.19. The first-order valence-electron chi connectivity index (χ1n) is 4.73. The SMILES string of the molecule is C=CC(=O)OCCC1CCCCO1. The minimum Gasteiger partial charge on any atom is -0.462 e. The Kier molecular flexibility index (Phi) is 4.54. The summed E-state index contributed by atoms with van der Waals surface area (Å²) in [5.41, 5.74) is 0. The van der Waals surface area contributed by atoms with Crippen LogP contribution in [0.25, 0.3) is 0 Å². The number of esters is 1. The van der Waals surface area contributed by atoms with Crippen molar-refractivity contribution in [2.75, 3.05) is 13.2 Å². The summed E-state index contributed by atoms with van der Waals surface area (Å²) in [4.78, 5) is 10.7. The molecule has 1 saturated heterocycles. The summed E-state index contributed by atoms with van der Waals surface area (Å²) in [6.07, 6.45) is 5.74. The summed E-state index contributed by atoms with van der Waals surface area (Å²) in [5.74, 6) is -0.351. The Hall–Kier alpha value is -0.830. The minimum absolute atomic E-state index is 0.284. The molecule has 3 nitrogen and oxygen atoms in total. The standard InChI is InChI=1S/C10H16O3/c1-2-10(11)13-8-6-9-5-3-4-7-12-9/h2,9H,1,3-8H2. The molecule has 0 N–H and O–H groups in total. The first kappa shape index (κ1) is 10.3. The van der Waals surface area contributed by atoms with E-state index in [1.54, 1.807) is 0 Å². The zero-order chi connectivity index (χ0) is 9.52. The van der Waals surface area contributed by atoms with Gasteiger partial charge in [0.1, 0.15) is 0 Å². The predicted octanol–water partition coefficient (Wildman–Crippen LogP) is 1.67. The molecule has 0 radical (unpaired) electrons. The van der Waals surface area contributed by atoms with E-state index in [-0.39, 0.29) is 12.1 Å². The van der Waals surface area contributed by atoms with Crippen LogP contribution in [0.3, 0.4) is 0 Å². The number of carbonyl (C=O) groups excluding carboxylic acids is 1. The molecule has 1 aliphatic heterocycles. The van der Waals surface area contributed by atoms with Crippen molar-refractivity contribution in [2.45, 2.75) is 31.8 Å². The molecule has 0 aliphatic carbocycles. The molecule has 1 rings (SSSR count). The van der Waals surface area contributed by atoms with Crippen molar-refractivity contribution in [3.63, 3.8) is 0 Å². The molecule has 0 aromatic heterocycles. The highest BCUT2D eigenvalue weighted by atomic mass is 16.5. The van der Waals surface area contributed by atoms with Gasteiger partial charge in [-0.2, -0.15) is 0 Å². The van der Waals surface area contributed by atoms with Crippen molar-refractivity contribution in [1.82, 2.24) is 0 Å². The third kappa shape index (κ3) is 4.08. The lowest BCUT2D eigenvalue weighted by Crippen LogP contribution is -2.21. The van der Waals surface area contributed by atoms with Crippen LogP contribution in [0.1, 0.15) is 25.7 Å². The summed E-state index contributed by atoms with van der Waals surface area (Å²) in [6.45, 7) is 4.61. The molecular weight excluding hydrogens is 168 g/mol. The van der Waals surface area contributed by atoms with Crippen molar-refractivity contribution < 1.29 is 14.3 Å². The lowest BCUT2D eigenvalue weighted by molar-refractivity contribution is -0.138. The fraction of sp³-hybridized carbons (Fsp3) is 0.700. The van der Waals surface area contributed by atoms with Gasteiger partial charge in [0.15, 0.2) is 0 Å². The average molecular weight is 184 g/mol. The molecule has 0 amide bonds. The van der Waals surface area contributed by atoms with E-state index in [0.717, 1.165) is 25.9 Å². The van der Waals surface area contributed by atoms with Gasteiger partial charge in [-0.3, -0.25) is 0 Å². The molecule has 1 unspecified atom stereocenters. The van der Waals surface area contributed by atoms with Crippen LogP contribution in [0.4, 0.5) is 0 Å². The topological polar surface area (TPSA) is 35.5 Å². The van der Waals surface area contributed by atoms with Crippen molar-refractivity contribution in [3.05, 3.63) is 12.7 Å².